The van der Waals surface area contributed by atoms with E-state index in [4.69, 9.17) is 5.73 Å². The summed E-state index contributed by atoms with van der Waals surface area (Å²) in [6.07, 6.45) is 4.21. The van der Waals surface area contributed by atoms with E-state index in [2.05, 4.69) is 32.4 Å². The molecule has 0 bridgehead atoms. The molecule has 0 saturated heterocycles. The monoisotopic (exact) mass is 324 g/mol. The zero-order valence-electron chi connectivity index (χ0n) is 13.3. The number of aromatic amines is 1. The topological polar surface area (TPSA) is 102 Å². The Bertz CT molecular complexity index is 903. The highest BCUT2D eigenvalue weighted by Gasteiger charge is 2.26. The van der Waals surface area contributed by atoms with Gasteiger partial charge in [0.15, 0.2) is 5.65 Å². The number of nitrogens with one attached hydrogen (secondary N) is 2. The van der Waals surface area contributed by atoms with Crippen molar-refractivity contribution in [2.24, 2.45) is 5.73 Å². The van der Waals surface area contributed by atoms with Crippen LogP contribution in [0.1, 0.15) is 23.6 Å². The molecule has 0 aliphatic heterocycles. The maximum atomic E-state index is 12.5. The van der Waals surface area contributed by atoms with Crippen LogP contribution in [0.4, 0.5) is 5.95 Å². The summed E-state index contributed by atoms with van der Waals surface area (Å²) in [6.45, 7) is 1.33. The summed E-state index contributed by atoms with van der Waals surface area (Å²) in [5, 5.41) is 3.15. The number of H-pyrrole nitrogens is 1. The van der Waals surface area contributed by atoms with Crippen molar-refractivity contribution < 1.29 is 0 Å². The van der Waals surface area contributed by atoms with Crippen molar-refractivity contribution in [3.8, 4) is 0 Å². The standard InChI is InChI=1S/C17H20N6O/c18-6-3-7-19-16-20-10-14-15(22-16)23(17(24)21-14)13-8-11-4-1-2-5-12(11)9-13/h1-2,4-5,10,13H,3,6-9,18H2,(H,21,24)(H,19,20,22). The number of imidazole rings is 1. The zero-order valence-corrected chi connectivity index (χ0v) is 13.3. The average Bonchev–Trinajstić information content (AvgIpc) is 3.14. The lowest BCUT2D eigenvalue weighted by Gasteiger charge is -2.11. The molecule has 124 valence electrons. The molecule has 4 rings (SSSR count). The molecular weight excluding hydrogens is 304 g/mol. The van der Waals surface area contributed by atoms with E-state index in [1.54, 1.807) is 10.8 Å². The molecule has 2 aromatic heterocycles. The predicted octanol–water partition coefficient (Wildman–Crippen LogP) is 1.22. The highest BCUT2D eigenvalue weighted by Crippen LogP contribution is 2.30. The molecular formula is C17H20N6O. The van der Waals surface area contributed by atoms with E-state index in [0.29, 0.717) is 30.2 Å². The summed E-state index contributed by atoms with van der Waals surface area (Å²) in [7, 11) is 0. The van der Waals surface area contributed by atoms with Crippen LogP contribution in [-0.2, 0) is 12.8 Å². The quantitative estimate of drug-likeness (QED) is 0.613. The number of anilines is 1. The minimum atomic E-state index is -0.129. The van der Waals surface area contributed by atoms with Crippen molar-refractivity contribution in [1.82, 2.24) is 19.5 Å². The fourth-order valence-corrected chi connectivity index (χ4v) is 3.36. The van der Waals surface area contributed by atoms with Gasteiger partial charge in [-0.2, -0.15) is 4.98 Å². The summed E-state index contributed by atoms with van der Waals surface area (Å²) in [5.74, 6) is 0.527. The lowest BCUT2D eigenvalue weighted by atomic mass is 10.1. The number of aromatic nitrogens is 4. The van der Waals surface area contributed by atoms with Gasteiger partial charge in [0.25, 0.3) is 0 Å². The van der Waals surface area contributed by atoms with Gasteiger partial charge < -0.3 is 16.0 Å². The second-order valence-corrected chi connectivity index (χ2v) is 6.13. The Labute approximate surface area is 138 Å². The SMILES string of the molecule is NCCCNc1ncc2[nH]c(=O)n(C3Cc4ccccc4C3)c2n1. The summed E-state index contributed by atoms with van der Waals surface area (Å²) in [4.78, 5) is 24.1. The van der Waals surface area contributed by atoms with Crippen LogP contribution >= 0.6 is 0 Å². The first kappa shape index (κ1) is 14.9. The van der Waals surface area contributed by atoms with E-state index in [9.17, 15) is 4.79 Å². The van der Waals surface area contributed by atoms with E-state index in [1.807, 2.05) is 12.1 Å². The van der Waals surface area contributed by atoms with Gasteiger partial charge in [0.05, 0.1) is 6.20 Å². The molecule has 1 aliphatic rings. The Morgan fingerprint density at radius 3 is 2.75 bits per heavy atom. The van der Waals surface area contributed by atoms with Crippen LogP contribution in [0, 0.1) is 0 Å². The van der Waals surface area contributed by atoms with Crippen LogP contribution in [0.15, 0.2) is 35.3 Å². The van der Waals surface area contributed by atoms with Crippen molar-refractivity contribution in [2.75, 3.05) is 18.4 Å². The number of nitrogens with two attached hydrogens (primary N) is 1. The highest BCUT2D eigenvalue weighted by atomic mass is 16.1. The van der Waals surface area contributed by atoms with Gasteiger partial charge in [0.2, 0.25) is 5.95 Å². The maximum absolute atomic E-state index is 12.5. The molecule has 24 heavy (non-hydrogen) atoms. The van der Waals surface area contributed by atoms with Crippen molar-refractivity contribution >= 4 is 17.1 Å². The van der Waals surface area contributed by atoms with Gasteiger partial charge in [0, 0.05) is 12.6 Å². The minimum absolute atomic E-state index is 0.0930. The third kappa shape index (κ3) is 2.56. The van der Waals surface area contributed by atoms with E-state index in [-0.39, 0.29) is 11.7 Å². The molecule has 2 heterocycles. The van der Waals surface area contributed by atoms with Crippen LogP contribution in [0.5, 0.6) is 0 Å². The summed E-state index contributed by atoms with van der Waals surface area (Å²) in [6, 6.07) is 8.44. The molecule has 0 amide bonds. The summed E-state index contributed by atoms with van der Waals surface area (Å²) in [5.41, 5.74) is 9.31. The Morgan fingerprint density at radius 1 is 1.29 bits per heavy atom. The number of hydrogen-bond acceptors (Lipinski definition) is 5. The molecule has 1 aromatic carbocycles. The second-order valence-electron chi connectivity index (χ2n) is 6.13. The van der Waals surface area contributed by atoms with Crippen LogP contribution in [0.3, 0.4) is 0 Å². The van der Waals surface area contributed by atoms with Crippen molar-refractivity contribution in [3.63, 3.8) is 0 Å². The second kappa shape index (κ2) is 6.09. The van der Waals surface area contributed by atoms with Gasteiger partial charge in [-0.3, -0.25) is 4.57 Å². The van der Waals surface area contributed by atoms with Crippen LogP contribution in [0.2, 0.25) is 0 Å². The predicted molar refractivity (Wildman–Crippen MR) is 93.2 cm³/mol. The minimum Gasteiger partial charge on any atom is -0.354 e. The fourth-order valence-electron chi connectivity index (χ4n) is 3.36. The Morgan fingerprint density at radius 2 is 2.04 bits per heavy atom. The molecule has 3 aromatic rings. The van der Waals surface area contributed by atoms with Gasteiger partial charge in [-0.25, -0.2) is 9.78 Å². The molecule has 0 spiro atoms. The van der Waals surface area contributed by atoms with Crippen LogP contribution in [-0.4, -0.2) is 32.6 Å². The summed E-state index contributed by atoms with van der Waals surface area (Å²) < 4.78 is 1.77. The lowest BCUT2D eigenvalue weighted by Crippen LogP contribution is -2.23. The molecule has 7 heteroatoms. The average molecular weight is 324 g/mol. The van der Waals surface area contributed by atoms with Gasteiger partial charge in [0.1, 0.15) is 5.52 Å². The Kier molecular flexibility index (Phi) is 3.78. The van der Waals surface area contributed by atoms with E-state index in [0.717, 1.165) is 19.3 Å². The van der Waals surface area contributed by atoms with Crippen molar-refractivity contribution in [1.29, 1.82) is 0 Å². The summed E-state index contributed by atoms with van der Waals surface area (Å²) >= 11 is 0. The Balaban J connectivity index is 1.69. The number of nitrogens with zero attached hydrogens (tertiary/aromatic N) is 3. The first-order chi connectivity index (χ1) is 11.8. The van der Waals surface area contributed by atoms with Crippen molar-refractivity contribution in [2.45, 2.75) is 25.3 Å². The van der Waals surface area contributed by atoms with E-state index in [1.165, 1.54) is 11.1 Å². The van der Waals surface area contributed by atoms with Crippen LogP contribution < -0.4 is 16.7 Å². The van der Waals surface area contributed by atoms with Gasteiger partial charge in [-0.15, -0.1) is 0 Å². The van der Waals surface area contributed by atoms with Gasteiger partial charge >= 0.3 is 5.69 Å². The molecule has 1 aliphatic carbocycles. The highest BCUT2D eigenvalue weighted by molar-refractivity contribution is 5.71. The van der Waals surface area contributed by atoms with Gasteiger partial charge in [-0.05, 0) is 36.9 Å². The molecule has 0 saturated carbocycles. The lowest BCUT2D eigenvalue weighted by molar-refractivity contribution is 0.525. The third-order valence-electron chi connectivity index (χ3n) is 4.52. The zero-order chi connectivity index (χ0) is 16.5. The third-order valence-corrected chi connectivity index (χ3v) is 4.52. The molecule has 7 nitrogen and oxygen atoms in total. The van der Waals surface area contributed by atoms with Gasteiger partial charge in [-0.1, -0.05) is 24.3 Å². The first-order valence-corrected chi connectivity index (χ1v) is 8.24. The molecule has 0 atom stereocenters. The maximum Gasteiger partial charge on any atom is 0.327 e. The fraction of sp³-hybridized carbons (Fsp3) is 0.353. The number of hydrogen-bond donors (Lipinski definition) is 3. The molecule has 0 radical (unpaired) electrons. The molecule has 0 fully saturated rings. The Hall–Kier alpha value is -2.67. The van der Waals surface area contributed by atoms with Crippen molar-refractivity contribution in [3.05, 3.63) is 52.1 Å². The molecule has 0 unspecified atom stereocenters. The van der Waals surface area contributed by atoms with Crippen LogP contribution in [0.25, 0.3) is 11.2 Å². The molecule has 4 N–H and O–H groups in total. The van der Waals surface area contributed by atoms with E-state index < -0.39 is 0 Å². The number of benzene rings is 1. The smallest absolute Gasteiger partial charge is 0.327 e. The largest absolute Gasteiger partial charge is 0.354 e. The van der Waals surface area contributed by atoms with E-state index >= 15 is 0 Å². The normalized spacial score (nSPS) is 14.2. The number of rotatable bonds is 5. The number of fused-ring (bicyclic) bond motifs is 2. The first-order valence-electron chi connectivity index (χ1n) is 8.24.